The first-order chi connectivity index (χ1) is 13.0. The number of nitrogens with two attached hydrogens (primary N) is 1. The molecule has 1 atom stereocenters. The number of thiophene rings is 1. The Morgan fingerprint density at radius 1 is 1.22 bits per heavy atom. The molecule has 2 aromatic heterocycles. The van der Waals surface area contributed by atoms with Crippen LogP contribution in [0.15, 0.2) is 46.6 Å². The first-order valence-corrected chi connectivity index (χ1v) is 9.84. The Kier molecular flexibility index (Phi) is 4.50. The van der Waals surface area contributed by atoms with Crippen LogP contribution < -0.4 is 16.0 Å². The van der Waals surface area contributed by atoms with Gasteiger partial charge in [-0.25, -0.2) is 0 Å². The van der Waals surface area contributed by atoms with Gasteiger partial charge in [0, 0.05) is 16.3 Å². The Bertz CT molecular complexity index is 1190. The molecule has 0 radical (unpaired) electrons. The van der Waals surface area contributed by atoms with Gasteiger partial charge in [-0.05, 0) is 53.6 Å². The lowest BCUT2D eigenvalue weighted by Gasteiger charge is -2.16. The average Bonchev–Trinajstić information content (AvgIpc) is 3.18. The maximum Gasteiger partial charge on any atom is 0.266 e. The predicted molar refractivity (Wildman–Crippen MR) is 114 cm³/mol. The Balaban J connectivity index is 2.08. The van der Waals surface area contributed by atoms with Crippen molar-refractivity contribution in [1.29, 1.82) is 0 Å². The number of H-pyrrole nitrogens is 1. The molecule has 27 heavy (non-hydrogen) atoms. The molecule has 0 saturated heterocycles. The summed E-state index contributed by atoms with van der Waals surface area (Å²) in [5, 5.41) is 3.96. The van der Waals surface area contributed by atoms with Gasteiger partial charge in [0.15, 0.2) is 0 Å². The van der Waals surface area contributed by atoms with E-state index in [9.17, 15) is 4.79 Å². The maximum atomic E-state index is 12.5. The first-order valence-electron chi connectivity index (χ1n) is 8.96. The summed E-state index contributed by atoms with van der Waals surface area (Å²) in [7, 11) is 1.69. The third kappa shape index (κ3) is 2.83. The molecular weight excluding hydrogens is 356 g/mol. The number of aromatic amines is 1. The lowest BCUT2D eigenvalue weighted by Crippen LogP contribution is -2.08. The Hall–Kier alpha value is -2.63. The second-order valence-electron chi connectivity index (χ2n) is 6.90. The number of nitrogens with one attached hydrogen (secondary N) is 1. The van der Waals surface area contributed by atoms with Crippen LogP contribution in [0.2, 0.25) is 0 Å². The molecule has 0 bridgehead atoms. The van der Waals surface area contributed by atoms with Crippen molar-refractivity contribution in [2.75, 3.05) is 13.7 Å². The lowest BCUT2D eigenvalue weighted by molar-refractivity contribution is 0.416. The minimum Gasteiger partial charge on any atom is -0.496 e. The number of methoxy groups -OCH3 is 1. The van der Waals surface area contributed by atoms with Crippen LogP contribution in [0.3, 0.4) is 0 Å². The fourth-order valence-corrected chi connectivity index (χ4v) is 4.43. The van der Waals surface area contributed by atoms with Crippen LogP contribution in [0.25, 0.3) is 32.1 Å². The van der Waals surface area contributed by atoms with Crippen molar-refractivity contribution >= 4 is 32.3 Å². The van der Waals surface area contributed by atoms with Crippen molar-refractivity contribution < 1.29 is 4.74 Å². The summed E-state index contributed by atoms with van der Waals surface area (Å²) < 4.78 is 6.48. The number of aromatic nitrogens is 1. The highest BCUT2D eigenvalue weighted by molar-refractivity contribution is 7.17. The fourth-order valence-electron chi connectivity index (χ4n) is 3.63. The molecule has 5 heteroatoms. The van der Waals surface area contributed by atoms with E-state index in [0.717, 1.165) is 43.4 Å². The number of hydrogen-bond acceptors (Lipinski definition) is 4. The number of rotatable bonds is 4. The molecule has 1 unspecified atom stereocenters. The van der Waals surface area contributed by atoms with E-state index in [0.29, 0.717) is 12.5 Å². The molecule has 0 saturated carbocycles. The van der Waals surface area contributed by atoms with Gasteiger partial charge in [0.1, 0.15) is 10.4 Å². The predicted octanol–water partition coefficient (Wildman–Crippen LogP) is 4.79. The van der Waals surface area contributed by atoms with E-state index < -0.39 is 0 Å². The van der Waals surface area contributed by atoms with Gasteiger partial charge in [0.25, 0.3) is 5.56 Å². The van der Waals surface area contributed by atoms with E-state index in [1.54, 1.807) is 7.11 Å². The molecule has 138 valence electrons. The van der Waals surface area contributed by atoms with Gasteiger partial charge >= 0.3 is 0 Å². The summed E-state index contributed by atoms with van der Waals surface area (Å²) in [6.07, 6.45) is 0. The van der Waals surface area contributed by atoms with E-state index >= 15 is 0 Å². The Morgan fingerprint density at radius 3 is 2.63 bits per heavy atom. The van der Waals surface area contributed by atoms with Crippen molar-refractivity contribution in [1.82, 2.24) is 4.98 Å². The topological polar surface area (TPSA) is 68.1 Å². The minimum atomic E-state index is -0.0427. The zero-order valence-corrected chi connectivity index (χ0v) is 16.4. The van der Waals surface area contributed by atoms with Crippen molar-refractivity contribution in [2.24, 2.45) is 5.73 Å². The molecule has 0 fully saturated rings. The molecule has 2 aromatic carbocycles. The van der Waals surface area contributed by atoms with E-state index in [-0.39, 0.29) is 5.56 Å². The van der Waals surface area contributed by atoms with Crippen LogP contribution in [0.1, 0.15) is 24.0 Å². The lowest BCUT2D eigenvalue weighted by atomic mass is 9.93. The number of aryl methyl sites for hydroxylation is 1. The normalized spacial score (nSPS) is 12.6. The van der Waals surface area contributed by atoms with Gasteiger partial charge in [0.2, 0.25) is 0 Å². The van der Waals surface area contributed by atoms with Crippen LogP contribution >= 0.6 is 11.3 Å². The maximum absolute atomic E-state index is 12.5. The highest BCUT2D eigenvalue weighted by atomic mass is 32.1. The van der Waals surface area contributed by atoms with Crippen LogP contribution in [0.4, 0.5) is 0 Å². The van der Waals surface area contributed by atoms with Crippen molar-refractivity contribution in [3.8, 4) is 16.9 Å². The molecule has 0 spiro atoms. The van der Waals surface area contributed by atoms with Gasteiger partial charge in [-0.15, -0.1) is 11.3 Å². The first kappa shape index (κ1) is 17.8. The van der Waals surface area contributed by atoms with Crippen molar-refractivity contribution in [3.63, 3.8) is 0 Å². The summed E-state index contributed by atoms with van der Waals surface area (Å²) in [4.78, 5) is 15.5. The Morgan fingerprint density at radius 2 is 1.96 bits per heavy atom. The molecule has 4 rings (SSSR count). The van der Waals surface area contributed by atoms with Gasteiger partial charge < -0.3 is 15.5 Å². The summed E-state index contributed by atoms with van der Waals surface area (Å²) >= 11 is 1.46. The molecule has 0 aliphatic carbocycles. The molecule has 3 N–H and O–H groups in total. The summed E-state index contributed by atoms with van der Waals surface area (Å²) in [5.74, 6) is 1.12. The molecular formula is C22H22N2O2S. The van der Waals surface area contributed by atoms with Crippen LogP contribution in [0, 0.1) is 6.92 Å². The zero-order valence-electron chi connectivity index (χ0n) is 15.6. The molecule has 0 amide bonds. The molecule has 0 aliphatic heterocycles. The molecule has 2 heterocycles. The van der Waals surface area contributed by atoms with Gasteiger partial charge in [-0.3, -0.25) is 4.79 Å². The minimum absolute atomic E-state index is 0.0427. The summed E-state index contributed by atoms with van der Waals surface area (Å²) in [6, 6.07) is 12.5. The van der Waals surface area contributed by atoms with E-state index in [2.05, 4.69) is 36.2 Å². The number of fused-ring (bicyclic) bond motifs is 3. The SMILES string of the molecule is COc1cc(C)c2[nH]c(=O)c3sccc3c2c1-c1ccc(C(C)CN)cc1. The fraction of sp³-hybridized carbons (Fsp3) is 0.227. The highest BCUT2D eigenvalue weighted by Crippen LogP contribution is 2.41. The van der Waals surface area contributed by atoms with Gasteiger partial charge in [-0.2, -0.15) is 0 Å². The van der Waals surface area contributed by atoms with Gasteiger partial charge in [0.05, 0.1) is 12.6 Å². The smallest absolute Gasteiger partial charge is 0.266 e. The number of hydrogen-bond donors (Lipinski definition) is 2. The number of ether oxygens (including phenoxy) is 1. The standard InChI is InChI=1S/C22H22N2O2S/c1-12-10-17(26-3)18(15-6-4-14(5-7-15)13(2)11-23)19-16-8-9-27-21(16)22(25)24-20(12)19/h4-10,13H,11,23H2,1-3H3,(H,24,25). The second-order valence-corrected chi connectivity index (χ2v) is 7.81. The third-order valence-corrected chi connectivity index (χ3v) is 6.12. The van der Waals surface area contributed by atoms with Crippen LogP contribution in [0.5, 0.6) is 5.75 Å². The number of pyridine rings is 1. The summed E-state index contributed by atoms with van der Waals surface area (Å²) in [6.45, 7) is 4.73. The van der Waals surface area contributed by atoms with E-state index in [4.69, 9.17) is 10.5 Å². The quantitative estimate of drug-likeness (QED) is 0.536. The molecule has 0 aliphatic rings. The average molecular weight is 378 g/mol. The summed E-state index contributed by atoms with van der Waals surface area (Å²) in [5.41, 5.74) is 10.9. The highest BCUT2D eigenvalue weighted by Gasteiger charge is 2.18. The van der Waals surface area contributed by atoms with Crippen LogP contribution in [-0.4, -0.2) is 18.6 Å². The third-order valence-electron chi connectivity index (χ3n) is 5.21. The molecule has 4 nitrogen and oxygen atoms in total. The van der Waals surface area contributed by atoms with Crippen LogP contribution in [-0.2, 0) is 0 Å². The number of benzene rings is 2. The Labute approximate surface area is 161 Å². The van der Waals surface area contributed by atoms with Crippen molar-refractivity contribution in [2.45, 2.75) is 19.8 Å². The van der Waals surface area contributed by atoms with Crippen molar-refractivity contribution in [3.05, 3.63) is 63.3 Å². The monoisotopic (exact) mass is 378 g/mol. The van der Waals surface area contributed by atoms with E-state index in [1.807, 2.05) is 24.4 Å². The second kappa shape index (κ2) is 6.83. The van der Waals surface area contributed by atoms with Gasteiger partial charge in [-0.1, -0.05) is 31.2 Å². The largest absolute Gasteiger partial charge is 0.496 e. The van der Waals surface area contributed by atoms with E-state index in [1.165, 1.54) is 16.9 Å². The zero-order chi connectivity index (χ0) is 19.1. The molecule has 4 aromatic rings.